The molecule has 0 radical (unpaired) electrons. The van der Waals surface area contributed by atoms with Crippen LogP contribution in [0, 0.1) is 0 Å². The van der Waals surface area contributed by atoms with Crippen LogP contribution in [0.4, 0.5) is 0 Å². The minimum Gasteiger partial charge on any atom is -0.467 e. The second kappa shape index (κ2) is 8.18. The van der Waals surface area contributed by atoms with Gasteiger partial charge in [-0.15, -0.1) is 16.4 Å². The molecule has 0 bridgehead atoms. The van der Waals surface area contributed by atoms with Gasteiger partial charge in [0.2, 0.25) is 5.91 Å². The first kappa shape index (κ1) is 18.1. The molecule has 0 atom stereocenters. The lowest BCUT2D eigenvalue weighted by atomic mass is 10.2. The highest BCUT2D eigenvalue weighted by Crippen LogP contribution is 2.16. The zero-order chi connectivity index (χ0) is 19.3. The second-order valence-electron chi connectivity index (χ2n) is 6.29. The molecule has 28 heavy (non-hydrogen) atoms. The number of carbonyl (C=O) groups excluding carboxylic acids is 1. The van der Waals surface area contributed by atoms with Crippen LogP contribution < -0.4 is 5.56 Å². The quantitative estimate of drug-likeness (QED) is 0.481. The number of aryl methyl sites for hydroxylation is 1. The van der Waals surface area contributed by atoms with Crippen molar-refractivity contribution in [3.05, 3.63) is 81.2 Å². The second-order valence-corrected chi connectivity index (χ2v) is 7.33. The number of hydrogen-bond donors (Lipinski definition) is 0. The van der Waals surface area contributed by atoms with Gasteiger partial charge in [0.05, 0.1) is 31.3 Å². The molecule has 8 heteroatoms. The predicted octanol–water partition coefficient (Wildman–Crippen LogP) is 3.07. The van der Waals surface area contributed by atoms with Crippen LogP contribution in [0.1, 0.15) is 17.1 Å². The summed E-state index contributed by atoms with van der Waals surface area (Å²) in [5.41, 5.74) is 0.307. The number of benzene rings is 1. The van der Waals surface area contributed by atoms with E-state index in [4.69, 9.17) is 4.42 Å². The highest BCUT2D eigenvalue weighted by atomic mass is 32.1. The van der Waals surface area contributed by atoms with Gasteiger partial charge in [-0.2, -0.15) is 0 Å². The van der Waals surface area contributed by atoms with Crippen LogP contribution >= 0.6 is 11.3 Å². The molecule has 0 saturated heterocycles. The Balaban J connectivity index is 1.49. The van der Waals surface area contributed by atoms with Crippen molar-refractivity contribution in [2.24, 2.45) is 0 Å². The third-order valence-corrected chi connectivity index (χ3v) is 5.23. The topological polar surface area (TPSA) is 81.2 Å². The van der Waals surface area contributed by atoms with Crippen molar-refractivity contribution >= 4 is 28.1 Å². The van der Waals surface area contributed by atoms with Gasteiger partial charge in [-0.3, -0.25) is 9.59 Å². The van der Waals surface area contributed by atoms with E-state index in [1.54, 1.807) is 52.8 Å². The molecule has 1 amide bonds. The van der Waals surface area contributed by atoms with E-state index in [-0.39, 0.29) is 24.4 Å². The standard InChI is InChI=1S/C20H18N4O3S/c25-19(9-10-24-20(26)17-7-1-2-8-18(17)21-22-24)23(13-15-5-3-11-27-15)14-16-6-4-12-28-16/h1-8,11-12H,9-10,13-14H2. The maximum absolute atomic E-state index is 12.9. The predicted molar refractivity (Wildman–Crippen MR) is 106 cm³/mol. The van der Waals surface area contributed by atoms with E-state index < -0.39 is 0 Å². The Morgan fingerprint density at radius 3 is 2.79 bits per heavy atom. The van der Waals surface area contributed by atoms with Crippen LogP contribution in [-0.2, 0) is 24.4 Å². The molecule has 7 nitrogen and oxygen atoms in total. The number of fused-ring (bicyclic) bond motifs is 1. The van der Waals surface area contributed by atoms with Crippen LogP contribution in [0.25, 0.3) is 10.9 Å². The summed E-state index contributed by atoms with van der Waals surface area (Å²) in [5.74, 6) is 0.638. The molecular formula is C20H18N4O3S. The van der Waals surface area contributed by atoms with E-state index in [9.17, 15) is 9.59 Å². The van der Waals surface area contributed by atoms with Gasteiger partial charge in [-0.05, 0) is 35.7 Å². The first-order chi connectivity index (χ1) is 13.7. The Labute approximate surface area is 164 Å². The average molecular weight is 394 g/mol. The van der Waals surface area contributed by atoms with Gasteiger partial charge < -0.3 is 9.32 Å². The fraction of sp³-hybridized carbons (Fsp3) is 0.200. The molecule has 1 aromatic carbocycles. The number of amides is 1. The molecule has 0 aliphatic carbocycles. The van der Waals surface area contributed by atoms with Gasteiger partial charge in [0.25, 0.3) is 5.56 Å². The minimum atomic E-state index is -0.241. The zero-order valence-corrected chi connectivity index (χ0v) is 15.8. The molecule has 0 aliphatic heterocycles. The molecule has 0 unspecified atom stereocenters. The van der Waals surface area contributed by atoms with Crippen LogP contribution in [0.3, 0.4) is 0 Å². The summed E-state index contributed by atoms with van der Waals surface area (Å²) < 4.78 is 6.64. The van der Waals surface area contributed by atoms with Crippen molar-refractivity contribution in [1.29, 1.82) is 0 Å². The fourth-order valence-electron chi connectivity index (χ4n) is 2.94. The number of nitrogens with zero attached hydrogens (tertiary/aromatic N) is 4. The van der Waals surface area contributed by atoms with E-state index in [0.29, 0.717) is 29.8 Å². The fourth-order valence-corrected chi connectivity index (χ4v) is 3.66. The van der Waals surface area contributed by atoms with Gasteiger partial charge in [0, 0.05) is 11.3 Å². The number of aromatic nitrogens is 3. The van der Waals surface area contributed by atoms with Crippen LogP contribution in [0.15, 0.2) is 69.4 Å². The van der Waals surface area contributed by atoms with Crippen molar-refractivity contribution in [3.63, 3.8) is 0 Å². The summed E-state index contributed by atoms with van der Waals surface area (Å²) in [6, 6.07) is 14.6. The van der Waals surface area contributed by atoms with Crippen LogP contribution in [0.5, 0.6) is 0 Å². The van der Waals surface area contributed by atoms with E-state index >= 15 is 0 Å². The molecule has 4 rings (SSSR count). The Morgan fingerprint density at radius 1 is 1.11 bits per heavy atom. The minimum absolute atomic E-state index is 0.0772. The summed E-state index contributed by atoms with van der Waals surface area (Å²) in [4.78, 5) is 28.2. The van der Waals surface area contributed by atoms with Gasteiger partial charge in [-0.25, -0.2) is 4.68 Å². The molecule has 0 spiro atoms. The Kier molecular flexibility index (Phi) is 5.29. The maximum Gasteiger partial charge on any atom is 0.277 e. The van der Waals surface area contributed by atoms with Crippen molar-refractivity contribution in [3.8, 4) is 0 Å². The highest BCUT2D eigenvalue weighted by molar-refractivity contribution is 7.09. The molecular weight excluding hydrogens is 376 g/mol. The molecule has 0 fully saturated rings. The summed E-state index contributed by atoms with van der Waals surface area (Å²) in [5, 5.41) is 10.5. The van der Waals surface area contributed by atoms with E-state index in [0.717, 1.165) is 4.88 Å². The van der Waals surface area contributed by atoms with Gasteiger partial charge >= 0.3 is 0 Å². The lowest BCUT2D eigenvalue weighted by Gasteiger charge is -2.21. The number of furan rings is 1. The lowest BCUT2D eigenvalue weighted by molar-refractivity contribution is -0.133. The number of hydrogen-bond acceptors (Lipinski definition) is 6. The lowest BCUT2D eigenvalue weighted by Crippen LogP contribution is -2.32. The number of carbonyl (C=O) groups is 1. The molecule has 142 valence electrons. The monoisotopic (exact) mass is 394 g/mol. The van der Waals surface area contributed by atoms with Gasteiger partial charge in [0.15, 0.2) is 0 Å². The third kappa shape index (κ3) is 4.01. The normalized spacial score (nSPS) is 11.0. The highest BCUT2D eigenvalue weighted by Gasteiger charge is 2.17. The van der Waals surface area contributed by atoms with Crippen molar-refractivity contribution in [2.75, 3.05) is 0 Å². The van der Waals surface area contributed by atoms with Crippen molar-refractivity contribution < 1.29 is 9.21 Å². The molecule has 0 aliphatic rings. The first-order valence-electron chi connectivity index (χ1n) is 8.86. The Morgan fingerprint density at radius 2 is 2.00 bits per heavy atom. The molecule has 0 N–H and O–H groups in total. The average Bonchev–Trinajstić information content (AvgIpc) is 3.41. The van der Waals surface area contributed by atoms with Gasteiger partial charge in [0.1, 0.15) is 11.3 Å². The summed E-state index contributed by atoms with van der Waals surface area (Å²) in [6.45, 7) is 1.05. The maximum atomic E-state index is 12.9. The van der Waals surface area contributed by atoms with Crippen molar-refractivity contribution in [1.82, 2.24) is 19.9 Å². The van der Waals surface area contributed by atoms with Gasteiger partial charge in [-0.1, -0.05) is 23.4 Å². The number of thiophene rings is 1. The zero-order valence-electron chi connectivity index (χ0n) is 15.0. The first-order valence-corrected chi connectivity index (χ1v) is 9.74. The van der Waals surface area contributed by atoms with E-state index in [1.807, 2.05) is 23.6 Å². The molecule has 3 heterocycles. The third-order valence-electron chi connectivity index (χ3n) is 4.37. The SMILES string of the molecule is O=C(CCn1nnc2ccccc2c1=O)N(Cc1ccco1)Cc1cccs1. The summed E-state index contributed by atoms with van der Waals surface area (Å²) in [7, 11) is 0. The van der Waals surface area contributed by atoms with Crippen LogP contribution in [-0.4, -0.2) is 25.8 Å². The Hall–Kier alpha value is -3.26. The summed E-state index contributed by atoms with van der Waals surface area (Å²) in [6.07, 6.45) is 1.74. The van der Waals surface area contributed by atoms with Crippen LogP contribution in [0.2, 0.25) is 0 Å². The number of rotatable bonds is 7. The largest absolute Gasteiger partial charge is 0.467 e. The van der Waals surface area contributed by atoms with E-state index in [1.165, 1.54) is 4.68 Å². The molecule has 0 saturated carbocycles. The summed E-state index contributed by atoms with van der Waals surface area (Å²) >= 11 is 1.60. The molecule has 4 aromatic rings. The molecule has 3 aromatic heterocycles. The van der Waals surface area contributed by atoms with E-state index in [2.05, 4.69) is 10.3 Å². The smallest absolute Gasteiger partial charge is 0.277 e. The Bertz CT molecular complexity index is 1080. The van der Waals surface area contributed by atoms with Crippen molar-refractivity contribution in [2.45, 2.75) is 26.1 Å².